The van der Waals surface area contributed by atoms with Gasteiger partial charge in [0.1, 0.15) is 9.84 Å². The van der Waals surface area contributed by atoms with Crippen LogP contribution in [0.1, 0.15) is 35.9 Å². The molecular weight excluding hydrogens is 384 g/mol. The van der Waals surface area contributed by atoms with Gasteiger partial charge in [-0.25, -0.2) is 8.42 Å². The highest BCUT2D eigenvalue weighted by molar-refractivity contribution is 9.10. The Bertz CT molecular complexity index is 664. The van der Waals surface area contributed by atoms with Gasteiger partial charge in [0, 0.05) is 39.0 Å². The van der Waals surface area contributed by atoms with E-state index in [2.05, 4.69) is 31.0 Å². The van der Waals surface area contributed by atoms with Crippen molar-refractivity contribution in [2.75, 3.05) is 44.7 Å². The van der Waals surface area contributed by atoms with Gasteiger partial charge in [-0.1, -0.05) is 13.8 Å². The van der Waals surface area contributed by atoms with Crippen LogP contribution in [0.5, 0.6) is 0 Å². The molecule has 1 N–H and O–H groups in total. The first-order valence-corrected chi connectivity index (χ1v) is 10.5. The summed E-state index contributed by atoms with van der Waals surface area (Å²) in [6, 6.07) is 0. The zero-order valence-electron chi connectivity index (χ0n) is 13.7. The maximum Gasteiger partial charge on any atom is 0.275 e. The first-order valence-electron chi connectivity index (χ1n) is 7.62. The lowest BCUT2D eigenvalue weighted by molar-refractivity contribution is 0.0637. The second-order valence-corrected chi connectivity index (χ2v) is 9.27. The van der Waals surface area contributed by atoms with Gasteiger partial charge >= 0.3 is 0 Å². The number of H-pyrrole nitrogens is 1. The number of piperazine rings is 1. The van der Waals surface area contributed by atoms with E-state index in [-0.39, 0.29) is 17.6 Å². The minimum Gasteiger partial charge on any atom is -0.335 e. The summed E-state index contributed by atoms with van der Waals surface area (Å²) in [6.45, 7) is 7.11. The van der Waals surface area contributed by atoms with E-state index in [1.54, 1.807) is 4.90 Å². The van der Waals surface area contributed by atoms with Crippen molar-refractivity contribution in [2.45, 2.75) is 19.8 Å². The lowest BCUT2D eigenvalue weighted by atomic mass is 10.1. The van der Waals surface area contributed by atoms with Crippen LogP contribution in [-0.4, -0.2) is 79.1 Å². The van der Waals surface area contributed by atoms with Crippen molar-refractivity contribution in [3.63, 3.8) is 0 Å². The molecule has 1 fully saturated rings. The van der Waals surface area contributed by atoms with E-state index in [4.69, 9.17) is 0 Å². The minimum atomic E-state index is -2.95. The fourth-order valence-electron chi connectivity index (χ4n) is 2.49. The molecule has 1 amide bonds. The highest BCUT2D eigenvalue weighted by atomic mass is 79.9. The second kappa shape index (κ2) is 7.31. The number of nitrogens with one attached hydrogen (secondary N) is 1. The Morgan fingerprint density at radius 2 is 1.91 bits per heavy atom. The number of rotatable bonds is 5. The molecule has 2 rings (SSSR count). The summed E-state index contributed by atoms with van der Waals surface area (Å²) in [5.74, 6) is 0.318. The number of carbonyl (C=O) groups excluding carboxylic acids is 1. The molecule has 0 radical (unpaired) electrons. The van der Waals surface area contributed by atoms with Crippen molar-refractivity contribution in [3.8, 4) is 0 Å². The van der Waals surface area contributed by atoms with Gasteiger partial charge in [-0.05, 0) is 21.8 Å². The van der Waals surface area contributed by atoms with Crippen LogP contribution in [0.25, 0.3) is 0 Å². The smallest absolute Gasteiger partial charge is 0.275 e. The number of hydrogen-bond acceptors (Lipinski definition) is 5. The summed E-state index contributed by atoms with van der Waals surface area (Å²) < 4.78 is 23.2. The van der Waals surface area contributed by atoms with Crippen LogP contribution in [-0.2, 0) is 9.84 Å². The van der Waals surface area contributed by atoms with E-state index >= 15 is 0 Å². The Kier molecular flexibility index (Phi) is 5.85. The molecule has 0 bridgehead atoms. The third-order valence-electron chi connectivity index (χ3n) is 3.95. The molecule has 1 aliphatic rings. The van der Waals surface area contributed by atoms with Gasteiger partial charge in [-0.2, -0.15) is 5.10 Å². The number of nitrogens with zero attached hydrogens (tertiary/aromatic N) is 3. The van der Waals surface area contributed by atoms with Crippen LogP contribution >= 0.6 is 15.9 Å². The van der Waals surface area contributed by atoms with Gasteiger partial charge in [0.2, 0.25) is 0 Å². The summed E-state index contributed by atoms with van der Waals surface area (Å²) >= 11 is 3.46. The Labute approximate surface area is 145 Å². The van der Waals surface area contributed by atoms with E-state index in [0.29, 0.717) is 38.4 Å². The van der Waals surface area contributed by atoms with Gasteiger partial charge in [-0.15, -0.1) is 0 Å². The number of aromatic amines is 1. The molecule has 0 spiro atoms. The van der Waals surface area contributed by atoms with Gasteiger partial charge < -0.3 is 4.90 Å². The second-order valence-electron chi connectivity index (χ2n) is 6.22. The summed E-state index contributed by atoms with van der Waals surface area (Å²) in [4.78, 5) is 16.4. The van der Waals surface area contributed by atoms with E-state index in [1.807, 2.05) is 13.8 Å². The molecule has 7 nitrogen and oxygen atoms in total. The minimum absolute atomic E-state index is 0.0946. The molecule has 1 aromatic rings. The normalized spacial score (nSPS) is 17.0. The lowest BCUT2D eigenvalue weighted by Gasteiger charge is -2.34. The predicted molar refractivity (Wildman–Crippen MR) is 92.4 cm³/mol. The molecule has 0 atom stereocenters. The number of halogens is 1. The first-order chi connectivity index (χ1) is 10.7. The highest BCUT2D eigenvalue weighted by Crippen LogP contribution is 2.26. The number of aromatic nitrogens is 2. The summed E-state index contributed by atoms with van der Waals surface area (Å²) in [7, 11) is -2.95. The summed E-state index contributed by atoms with van der Waals surface area (Å²) in [6.07, 6.45) is 1.24. The zero-order chi connectivity index (χ0) is 17.2. The van der Waals surface area contributed by atoms with Crippen LogP contribution in [0.2, 0.25) is 0 Å². The van der Waals surface area contributed by atoms with Gasteiger partial charge in [-0.3, -0.25) is 14.8 Å². The topological polar surface area (TPSA) is 86.4 Å². The lowest BCUT2D eigenvalue weighted by Crippen LogP contribution is -2.49. The molecule has 2 heterocycles. The van der Waals surface area contributed by atoms with Crippen molar-refractivity contribution in [2.24, 2.45) is 0 Å². The third kappa shape index (κ3) is 4.77. The number of hydrogen-bond donors (Lipinski definition) is 1. The monoisotopic (exact) mass is 406 g/mol. The van der Waals surface area contributed by atoms with Crippen molar-refractivity contribution in [1.29, 1.82) is 0 Å². The van der Waals surface area contributed by atoms with Gasteiger partial charge in [0.15, 0.2) is 5.69 Å². The zero-order valence-corrected chi connectivity index (χ0v) is 16.1. The SMILES string of the molecule is CC(C)c1[nH]nc(C(=O)N2CCN(CCS(C)(=O)=O)CC2)c1Br. The van der Waals surface area contributed by atoms with Crippen molar-refractivity contribution >= 4 is 31.7 Å². The molecule has 1 aliphatic heterocycles. The van der Waals surface area contributed by atoms with Crippen LogP contribution < -0.4 is 0 Å². The first kappa shape index (κ1) is 18.4. The number of sulfone groups is 1. The molecule has 0 saturated carbocycles. The molecule has 23 heavy (non-hydrogen) atoms. The fraction of sp³-hybridized carbons (Fsp3) is 0.714. The number of amides is 1. The van der Waals surface area contributed by atoms with Crippen molar-refractivity contribution in [3.05, 3.63) is 15.9 Å². The van der Waals surface area contributed by atoms with Crippen LogP contribution in [0.3, 0.4) is 0 Å². The Morgan fingerprint density at radius 1 is 1.30 bits per heavy atom. The third-order valence-corrected chi connectivity index (χ3v) is 5.68. The maximum absolute atomic E-state index is 12.6. The Hall–Kier alpha value is -0.930. The Balaban J connectivity index is 1.94. The van der Waals surface area contributed by atoms with Crippen LogP contribution in [0.15, 0.2) is 4.47 Å². The average Bonchev–Trinajstić information content (AvgIpc) is 2.86. The summed E-state index contributed by atoms with van der Waals surface area (Å²) in [5.41, 5.74) is 1.33. The van der Waals surface area contributed by atoms with E-state index in [9.17, 15) is 13.2 Å². The van der Waals surface area contributed by atoms with Crippen LogP contribution in [0.4, 0.5) is 0 Å². The van der Waals surface area contributed by atoms with Gasteiger partial charge in [0.05, 0.1) is 15.9 Å². The predicted octanol–water partition coefficient (Wildman–Crippen LogP) is 1.10. The van der Waals surface area contributed by atoms with Crippen molar-refractivity contribution < 1.29 is 13.2 Å². The molecule has 1 saturated heterocycles. The quantitative estimate of drug-likeness (QED) is 0.790. The van der Waals surface area contributed by atoms with E-state index in [0.717, 1.165) is 10.2 Å². The molecule has 1 aromatic heterocycles. The molecule has 0 aliphatic carbocycles. The molecule has 0 unspecified atom stereocenters. The molecular formula is C14H23BrN4O3S. The average molecular weight is 407 g/mol. The van der Waals surface area contributed by atoms with Crippen LogP contribution in [0, 0.1) is 0 Å². The van der Waals surface area contributed by atoms with E-state index in [1.165, 1.54) is 6.26 Å². The molecule has 9 heteroatoms. The van der Waals surface area contributed by atoms with E-state index < -0.39 is 9.84 Å². The highest BCUT2D eigenvalue weighted by Gasteiger charge is 2.27. The maximum atomic E-state index is 12.6. The number of carbonyl (C=O) groups is 1. The van der Waals surface area contributed by atoms with Crippen molar-refractivity contribution in [1.82, 2.24) is 20.0 Å². The molecule has 0 aromatic carbocycles. The fourth-order valence-corrected chi connectivity index (χ4v) is 3.88. The summed E-state index contributed by atoms with van der Waals surface area (Å²) in [5, 5.41) is 7.06. The Morgan fingerprint density at radius 3 is 2.39 bits per heavy atom. The molecule has 130 valence electrons. The standard InChI is InChI=1S/C14H23BrN4O3S/c1-10(2)12-11(15)13(17-16-12)14(20)19-6-4-18(5-7-19)8-9-23(3,21)22/h10H,4-9H2,1-3H3,(H,16,17). The van der Waals surface area contributed by atoms with Gasteiger partial charge in [0.25, 0.3) is 5.91 Å². The largest absolute Gasteiger partial charge is 0.335 e.